The quantitative estimate of drug-likeness (QED) is 0.403. The molecule has 1 aromatic carbocycles. The van der Waals surface area contributed by atoms with E-state index in [4.69, 9.17) is 11.6 Å². The van der Waals surface area contributed by atoms with E-state index in [1.807, 2.05) is 0 Å². The van der Waals surface area contributed by atoms with Gasteiger partial charge in [0.1, 0.15) is 23.2 Å². The minimum absolute atomic E-state index is 0. The first kappa shape index (κ1) is 17.9. The molecule has 3 rings (SSSR count). The number of halogens is 1. The van der Waals surface area contributed by atoms with Crippen molar-refractivity contribution in [1.82, 2.24) is 4.98 Å². The van der Waals surface area contributed by atoms with E-state index >= 15 is 0 Å². The van der Waals surface area contributed by atoms with Gasteiger partial charge in [0, 0.05) is 32.2 Å². The van der Waals surface area contributed by atoms with Crippen LogP contribution in [0.15, 0.2) is 41.5 Å². The average molecular weight is 509 g/mol. The molecule has 117 valence electrons. The molecule has 24 heavy (non-hydrogen) atoms. The number of hydrogen-bond acceptors (Lipinski definition) is 5. The first-order valence-electron chi connectivity index (χ1n) is 6.54. The van der Waals surface area contributed by atoms with Gasteiger partial charge in [0.15, 0.2) is 0 Å². The molecule has 1 aromatic heterocycles. The Hall–Kier alpha value is -2.40. The van der Waals surface area contributed by atoms with Crippen molar-refractivity contribution in [2.45, 2.75) is 5.38 Å². The summed E-state index contributed by atoms with van der Waals surface area (Å²) in [6, 6.07) is 8.12. The van der Waals surface area contributed by atoms with Gasteiger partial charge >= 0.3 is 0 Å². The second-order valence-electron chi connectivity index (χ2n) is 4.68. The average Bonchev–Trinajstić information content (AvgIpc) is 2.61. The predicted molar refractivity (Wildman–Crippen MR) is 84.5 cm³/mol. The van der Waals surface area contributed by atoms with Crippen molar-refractivity contribution in [2.75, 3.05) is 0 Å². The second-order valence-corrected chi connectivity index (χ2v) is 5.11. The molecule has 0 N–H and O–H groups in total. The Labute approximate surface area is 154 Å². The molecule has 0 saturated heterocycles. The monoisotopic (exact) mass is 509 g/mol. The maximum absolute atomic E-state index is 11.4. The van der Waals surface area contributed by atoms with Gasteiger partial charge in [-0.15, -0.1) is 11.6 Å². The van der Waals surface area contributed by atoms with E-state index in [1.54, 1.807) is 42.2 Å². The summed E-state index contributed by atoms with van der Waals surface area (Å²) in [7, 11) is 0. The van der Waals surface area contributed by atoms with Crippen LogP contribution in [0.5, 0.6) is 0 Å². The Morgan fingerprint density at radius 2 is 1.79 bits per heavy atom. The van der Waals surface area contributed by atoms with Crippen LogP contribution in [-0.2, 0) is 34.8 Å². The van der Waals surface area contributed by atoms with E-state index in [9.17, 15) is 14.4 Å². The third kappa shape index (κ3) is 2.87. The number of benzene rings is 1. The van der Waals surface area contributed by atoms with Gasteiger partial charge in [-0.1, -0.05) is 6.07 Å². The van der Waals surface area contributed by atoms with Crippen LogP contribution < -0.4 is 10.4 Å². The number of allylic oxidation sites excluding steroid dienone is 1. The number of rotatable bonds is 1. The summed E-state index contributed by atoms with van der Waals surface area (Å²) >= 11 is 6.34. The Balaban J connectivity index is 0.00000208. The molecule has 0 bridgehead atoms. The topological polar surface area (TPSA) is 76.5 Å². The zero-order valence-electron chi connectivity index (χ0n) is 11.9. The molecule has 0 aliphatic carbocycles. The molecule has 0 amide bonds. The summed E-state index contributed by atoms with van der Waals surface area (Å²) < 4.78 is 0. The number of hydrogen-bond donors (Lipinski definition) is 0. The number of alkyl halides is 1. The maximum Gasteiger partial charge on any atom is 0.134 e. The maximum atomic E-state index is 11.4. The summed E-state index contributed by atoms with van der Waals surface area (Å²) in [5.41, 5.74) is 1.40. The molecule has 1 aliphatic heterocycles. The predicted octanol–water partition coefficient (Wildman–Crippen LogP) is 0.0423. The van der Waals surface area contributed by atoms with Crippen molar-refractivity contribution >= 4 is 46.4 Å². The Morgan fingerprint density at radius 1 is 1.00 bits per heavy atom. The van der Waals surface area contributed by atoms with E-state index in [0.29, 0.717) is 17.1 Å². The van der Waals surface area contributed by atoms with E-state index in [1.165, 1.54) is 12.1 Å². The molecule has 2 heterocycles. The van der Waals surface area contributed by atoms with E-state index in [-0.39, 0.29) is 42.0 Å². The van der Waals surface area contributed by atoms with Gasteiger partial charge in [0.25, 0.3) is 0 Å². The van der Waals surface area contributed by atoms with E-state index in [0.717, 1.165) is 0 Å². The van der Waals surface area contributed by atoms with Crippen LogP contribution >= 0.6 is 11.6 Å². The summed E-state index contributed by atoms with van der Waals surface area (Å²) in [5, 5.41) is -1.04. The molecule has 0 saturated carbocycles. The fourth-order valence-electron chi connectivity index (χ4n) is 2.40. The minimum atomic E-state index is -0.941. The number of aliphatic imine (C=N–C) groups is 1. The molecule has 1 atom stereocenters. The van der Waals surface area contributed by atoms with Gasteiger partial charge in [-0.25, -0.2) is 19.4 Å². The number of fused-ring (bicyclic) bond motifs is 1. The molecule has 0 spiro atoms. The molecule has 1 aliphatic rings. The van der Waals surface area contributed by atoms with Crippen LogP contribution in [0.1, 0.15) is 11.3 Å². The third-order valence-corrected chi connectivity index (χ3v) is 3.86. The van der Waals surface area contributed by atoms with Gasteiger partial charge in [0.2, 0.25) is 0 Å². The SMILES string of the molecule is O=C=C1c2c(ccc(=C=O)c2=C=O)N=C(c2ccccn2)C1Cl.[Re]. The van der Waals surface area contributed by atoms with E-state index < -0.39 is 5.38 Å². The Kier molecular flexibility index (Phi) is 5.57. The molecule has 2 aromatic rings. The number of pyridine rings is 1. The van der Waals surface area contributed by atoms with Crippen LogP contribution in [0.4, 0.5) is 5.69 Å². The van der Waals surface area contributed by atoms with Crippen molar-refractivity contribution in [3.8, 4) is 0 Å². The number of aromatic nitrogens is 1. The van der Waals surface area contributed by atoms with Crippen LogP contribution in [0.25, 0.3) is 5.57 Å². The molecule has 1 radical (unpaired) electrons. The van der Waals surface area contributed by atoms with Crippen molar-refractivity contribution in [3.63, 3.8) is 0 Å². The second kappa shape index (κ2) is 7.45. The normalized spacial score (nSPS) is 15.1. The molecule has 1 unspecified atom stereocenters. The summed E-state index contributed by atoms with van der Waals surface area (Å²) in [5.74, 6) is 5.05. The molecule has 0 fully saturated rings. The fourth-order valence-corrected chi connectivity index (χ4v) is 2.72. The molecular formula is C17H7ClN2O3Re. The van der Waals surface area contributed by atoms with E-state index in [2.05, 4.69) is 9.98 Å². The Morgan fingerprint density at radius 3 is 2.38 bits per heavy atom. The van der Waals surface area contributed by atoms with Gasteiger partial charge in [0.05, 0.1) is 33.1 Å². The number of carbonyl (C=O) groups excluding carboxylic acids is 3. The van der Waals surface area contributed by atoms with Gasteiger partial charge in [-0.3, -0.25) is 4.98 Å². The van der Waals surface area contributed by atoms with Crippen LogP contribution in [-0.4, -0.2) is 33.9 Å². The van der Waals surface area contributed by atoms with Crippen molar-refractivity contribution in [3.05, 3.63) is 58.2 Å². The van der Waals surface area contributed by atoms with Crippen molar-refractivity contribution < 1.29 is 34.8 Å². The van der Waals surface area contributed by atoms with Gasteiger partial charge in [-0.05, 0) is 24.3 Å². The zero-order chi connectivity index (χ0) is 16.4. The molecule has 7 heteroatoms. The van der Waals surface area contributed by atoms with Crippen LogP contribution in [0.2, 0.25) is 0 Å². The standard InChI is InChI=1S/C17H7ClN2O3.Re/c18-16-12(9-23)15-11(8-22)10(7-21)4-5-13(15)20-17(16)14-3-1-2-6-19-14;/h1-6,16H;. The number of nitrogens with zero attached hydrogens (tertiary/aromatic N) is 2. The third-order valence-electron chi connectivity index (χ3n) is 3.44. The summed E-state index contributed by atoms with van der Waals surface area (Å²) in [6.07, 6.45) is 1.58. The van der Waals surface area contributed by atoms with Gasteiger partial charge < -0.3 is 0 Å². The largest absolute Gasteiger partial charge is 0.255 e. The minimum Gasteiger partial charge on any atom is -0.255 e. The summed E-state index contributed by atoms with van der Waals surface area (Å²) in [4.78, 5) is 42.2. The van der Waals surface area contributed by atoms with Gasteiger partial charge in [-0.2, -0.15) is 0 Å². The first-order valence-corrected chi connectivity index (χ1v) is 6.97. The molecular weight excluding hydrogens is 502 g/mol. The fraction of sp³-hybridized carbons (Fsp3) is 0.0588. The van der Waals surface area contributed by atoms with Crippen LogP contribution in [0.3, 0.4) is 0 Å². The first-order chi connectivity index (χ1) is 11.2. The van der Waals surface area contributed by atoms with Crippen molar-refractivity contribution in [1.29, 1.82) is 0 Å². The summed E-state index contributed by atoms with van der Waals surface area (Å²) in [6.45, 7) is 0. The van der Waals surface area contributed by atoms with Crippen LogP contribution in [0, 0.1) is 0 Å². The smallest absolute Gasteiger partial charge is 0.134 e. The van der Waals surface area contributed by atoms with Crippen molar-refractivity contribution in [2.24, 2.45) is 4.99 Å². The zero-order valence-corrected chi connectivity index (χ0v) is 15.4. The molecule has 5 nitrogen and oxygen atoms in total. The Bertz CT molecular complexity index is 1050.